The first kappa shape index (κ1) is 10.3. The first-order chi connectivity index (χ1) is 4.88. The fourth-order valence-corrected chi connectivity index (χ4v) is 0.788. The molecule has 2 N–H and O–H groups in total. The van der Waals surface area contributed by atoms with E-state index in [1.807, 2.05) is 0 Å². The second kappa shape index (κ2) is 3.66. The molecule has 0 radical (unpaired) electrons. The smallest absolute Gasteiger partial charge is 0.323 e. The molecule has 0 saturated carbocycles. The van der Waals surface area contributed by atoms with Gasteiger partial charge in [-0.15, -0.1) is 0 Å². The topological polar surface area (TPSA) is 38.4 Å². The van der Waals surface area contributed by atoms with E-state index in [4.69, 9.17) is 5.84 Å². The highest BCUT2D eigenvalue weighted by Crippen LogP contribution is 2.33. The van der Waals surface area contributed by atoms with Crippen molar-refractivity contribution in [3.05, 3.63) is 11.5 Å². The maximum atomic E-state index is 11.7. The van der Waals surface area contributed by atoms with Gasteiger partial charge in [0.25, 0.3) is 0 Å². The maximum Gasteiger partial charge on any atom is 0.422 e. The summed E-state index contributed by atoms with van der Waals surface area (Å²) in [5.41, 5.74) is 0. The number of hydrogen-bond donors (Lipinski definition) is 1. The van der Waals surface area contributed by atoms with Crippen LogP contribution in [0.1, 0.15) is 6.92 Å². The number of alkyl halides is 3. The molecule has 0 aliphatic carbocycles. The van der Waals surface area contributed by atoms with Crippen molar-refractivity contribution < 1.29 is 13.2 Å². The second-order valence-electron chi connectivity index (χ2n) is 1.67. The Morgan fingerprint density at radius 1 is 1.55 bits per heavy atom. The Morgan fingerprint density at radius 2 is 2.00 bits per heavy atom. The second-order valence-corrected chi connectivity index (χ2v) is 2.96. The van der Waals surface area contributed by atoms with E-state index in [0.717, 1.165) is 0 Å². The SMILES string of the molecule is C=C(S/C(C)=N/N)C(F)(F)F. The highest BCUT2D eigenvalue weighted by atomic mass is 32.2. The van der Waals surface area contributed by atoms with E-state index in [1.54, 1.807) is 0 Å². The van der Waals surface area contributed by atoms with Gasteiger partial charge in [-0.05, 0) is 6.92 Å². The number of hydrogen-bond acceptors (Lipinski definition) is 3. The molecule has 0 aromatic carbocycles. The Morgan fingerprint density at radius 3 is 2.27 bits per heavy atom. The average molecular weight is 184 g/mol. The minimum absolute atomic E-state index is 0.132. The van der Waals surface area contributed by atoms with Gasteiger partial charge in [0.2, 0.25) is 0 Å². The first-order valence-electron chi connectivity index (χ1n) is 2.56. The van der Waals surface area contributed by atoms with E-state index in [9.17, 15) is 13.2 Å². The summed E-state index contributed by atoms with van der Waals surface area (Å²) < 4.78 is 35.2. The molecule has 2 nitrogen and oxygen atoms in total. The van der Waals surface area contributed by atoms with Crippen LogP contribution in [0.25, 0.3) is 0 Å². The molecule has 0 fully saturated rings. The van der Waals surface area contributed by atoms with Crippen LogP contribution in [-0.2, 0) is 0 Å². The largest absolute Gasteiger partial charge is 0.422 e. The number of rotatable bonds is 1. The van der Waals surface area contributed by atoms with Gasteiger partial charge in [-0.1, -0.05) is 18.3 Å². The quantitative estimate of drug-likeness (QED) is 0.293. The fourth-order valence-electron chi connectivity index (χ4n) is 0.263. The van der Waals surface area contributed by atoms with Gasteiger partial charge in [0.05, 0.1) is 9.95 Å². The molecule has 11 heavy (non-hydrogen) atoms. The normalized spacial score (nSPS) is 13.3. The van der Waals surface area contributed by atoms with Crippen molar-refractivity contribution >= 4 is 16.8 Å². The molecule has 0 spiro atoms. The highest BCUT2D eigenvalue weighted by Gasteiger charge is 2.32. The highest BCUT2D eigenvalue weighted by molar-refractivity contribution is 8.17. The van der Waals surface area contributed by atoms with E-state index < -0.39 is 11.1 Å². The third-order valence-electron chi connectivity index (χ3n) is 0.769. The lowest BCUT2D eigenvalue weighted by molar-refractivity contribution is -0.0831. The van der Waals surface area contributed by atoms with Crippen molar-refractivity contribution in [2.24, 2.45) is 10.9 Å². The predicted molar refractivity (Wildman–Crippen MR) is 40.1 cm³/mol. The van der Waals surface area contributed by atoms with E-state index >= 15 is 0 Å². The summed E-state index contributed by atoms with van der Waals surface area (Å²) in [6.07, 6.45) is -4.38. The summed E-state index contributed by atoms with van der Waals surface area (Å²) in [6.45, 7) is 4.19. The van der Waals surface area contributed by atoms with Gasteiger partial charge >= 0.3 is 6.18 Å². The van der Waals surface area contributed by atoms with Crippen LogP contribution < -0.4 is 5.84 Å². The van der Waals surface area contributed by atoms with Crippen molar-refractivity contribution in [2.75, 3.05) is 0 Å². The third kappa shape index (κ3) is 3.92. The summed E-state index contributed by atoms with van der Waals surface area (Å²) in [6, 6.07) is 0. The predicted octanol–water partition coefficient (Wildman–Crippen LogP) is 2.09. The van der Waals surface area contributed by atoms with Gasteiger partial charge in [-0.25, -0.2) is 0 Å². The Labute approximate surface area is 66.3 Å². The molecule has 6 heteroatoms. The number of allylic oxidation sites excluding steroid dienone is 1. The number of nitrogens with two attached hydrogens (primary N) is 1. The van der Waals surface area contributed by atoms with Crippen LogP contribution in [0.3, 0.4) is 0 Å². The Kier molecular flexibility index (Phi) is 3.44. The Balaban J connectivity index is 4.10. The zero-order chi connectivity index (χ0) is 9.07. The monoisotopic (exact) mass is 184 g/mol. The van der Waals surface area contributed by atoms with E-state index in [1.165, 1.54) is 6.92 Å². The van der Waals surface area contributed by atoms with Crippen LogP contribution >= 0.6 is 11.8 Å². The van der Waals surface area contributed by atoms with Crippen molar-refractivity contribution in [1.29, 1.82) is 0 Å². The first-order valence-corrected chi connectivity index (χ1v) is 3.38. The zero-order valence-electron chi connectivity index (χ0n) is 5.77. The minimum atomic E-state index is -4.38. The van der Waals surface area contributed by atoms with E-state index in [2.05, 4.69) is 11.7 Å². The lowest BCUT2D eigenvalue weighted by Crippen LogP contribution is -2.09. The molecule has 0 saturated heterocycles. The van der Waals surface area contributed by atoms with Crippen molar-refractivity contribution in [3.63, 3.8) is 0 Å². The average Bonchev–Trinajstić information content (AvgIpc) is 1.85. The van der Waals surface area contributed by atoms with Crippen LogP contribution in [-0.4, -0.2) is 11.2 Å². The molecule has 0 unspecified atom stereocenters. The number of hydrazone groups is 1. The van der Waals surface area contributed by atoms with Crippen molar-refractivity contribution in [3.8, 4) is 0 Å². The number of thioether (sulfide) groups is 1. The van der Waals surface area contributed by atoms with Crippen LogP contribution in [0.15, 0.2) is 16.6 Å². The summed E-state index contributed by atoms with van der Waals surface area (Å²) in [7, 11) is 0. The molecule has 0 heterocycles. The molecule has 0 rings (SSSR count). The van der Waals surface area contributed by atoms with Gasteiger partial charge in [0.1, 0.15) is 0 Å². The summed E-state index contributed by atoms with van der Waals surface area (Å²) >= 11 is 0.412. The molecular formula is C5H7F3N2S. The molecule has 0 aliphatic heterocycles. The third-order valence-corrected chi connectivity index (χ3v) is 1.65. The van der Waals surface area contributed by atoms with Crippen LogP contribution in [0.2, 0.25) is 0 Å². The van der Waals surface area contributed by atoms with Gasteiger partial charge < -0.3 is 5.84 Å². The maximum absolute atomic E-state index is 11.7. The molecule has 64 valence electrons. The van der Waals surface area contributed by atoms with Gasteiger partial charge in [0, 0.05) is 0 Å². The van der Waals surface area contributed by atoms with E-state index in [0.29, 0.717) is 11.8 Å². The molecule has 0 aromatic rings. The molecule has 0 amide bonds. The fraction of sp³-hybridized carbons (Fsp3) is 0.400. The Bertz CT molecular complexity index is 185. The summed E-state index contributed by atoms with van der Waals surface area (Å²) in [5, 5.41) is 3.19. The molecule has 0 bridgehead atoms. The number of halogens is 3. The Hall–Kier alpha value is -0.650. The minimum Gasteiger partial charge on any atom is -0.323 e. The van der Waals surface area contributed by atoms with Crippen molar-refractivity contribution in [1.82, 2.24) is 0 Å². The van der Waals surface area contributed by atoms with Crippen LogP contribution in [0, 0.1) is 0 Å². The molecular weight excluding hydrogens is 177 g/mol. The van der Waals surface area contributed by atoms with Crippen LogP contribution in [0.5, 0.6) is 0 Å². The molecule has 0 atom stereocenters. The number of nitrogens with zero attached hydrogens (tertiary/aromatic N) is 1. The summed E-state index contributed by atoms with van der Waals surface area (Å²) in [5.74, 6) is 4.72. The van der Waals surface area contributed by atoms with Gasteiger partial charge in [0.15, 0.2) is 0 Å². The van der Waals surface area contributed by atoms with Gasteiger partial charge in [-0.2, -0.15) is 18.3 Å². The lowest BCUT2D eigenvalue weighted by atomic mass is 10.6. The van der Waals surface area contributed by atoms with E-state index in [-0.39, 0.29) is 5.04 Å². The van der Waals surface area contributed by atoms with Crippen molar-refractivity contribution in [2.45, 2.75) is 13.1 Å². The standard InChI is InChI=1S/C5H7F3N2S/c1-3(5(6,7)8)11-4(2)10-9/h1,9H2,2H3/b10-4+. The molecule has 0 aromatic heterocycles. The zero-order valence-corrected chi connectivity index (χ0v) is 6.59. The van der Waals surface area contributed by atoms with Gasteiger partial charge in [-0.3, -0.25) is 0 Å². The summed E-state index contributed by atoms with van der Waals surface area (Å²) in [4.78, 5) is -0.913. The van der Waals surface area contributed by atoms with Crippen LogP contribution in [0.4, 0.5) is 13.2 Å². The lowest BCUT2D eigenvalue weighted by Gasteiger charge is -2.07. The molecule has 0 aliphatic rings.